The second kappa shape index (κ2) is 7.52. The quantitative estimate of drug-likeness (QED) is 0.762. The first-order valence-electron chi connectivity index (χ1n) is 10.0. The second-order valence-electron chi connectivity index (χ2n) is 8.27. The van der Waals surface area contributed by atoms with Gasteiger partial charge in [0, 0.05) is 22.7 Å². The fraction of sp³-hybridized carbons (Fsp3) is 0.333. The lowest BCUT2D eigenvalue weighted by Crippen LogP contribution is -2.32. The summed E-state index contributed by atoms with van der Waals surface area (Å²) >= 11 is 0. The van der Waals surface area contributed by atoms with Gasteiger partial charge >= 0.3 is 5.97 Å². The highest BCUT2D eigenvalue weighted by molar-refractivity contribution is 5.98. The highest BCUT2D eigenvalue weighted by Crippen LogP contribution is 2.42. The zero-order valence-corrected chi connectivity index (χ0v) is 17.3. The molecular formula is C24H25NO5. The van der Waals surface area contributed by atoms with E-state index >= 15 is 0 Å². The topological polar surface area (TPSA) is 76.1 Å². The Bertz CT molecular complexity index is 1040. The molecule has 6 heteroatoms. The van der Waals surface area contributed by atoms with Crippen molar-refractivity contribution in [3.8, 4) is 11.5 Å². The SMILES string of the molecule is COc1c(CN(C(=O)C2CC2)c2cccc(C(=O)O)c2)ccc2c1OC(C)(C)C=C2. The Kier molecular flexibility index (Phi) is 5.02. The lowest BCUT2D eigenvalue weighted by Gasteiger charge is -2.31. The Labute approximate surface area is 175 Å². The van der Waals surface area contributed by atoms with Gasteiger partial charge in [-0.15, -0.1) is 0 Å². The van der Waals surface area contributed by atoms with Crippen LogP contribution in [0.5, 0.6) is 11.5 Å². The van der Waals surface area contributed by atoms with Crippen molar-refractivity contribution in [1.29, 1.82) is 0 Å². The van der Waals surface area contributed by atoms with Gasteiger partial charge in [0.15, 0.2) is 11.5 Å². The number of methoxy groups -OCH3 is 1. The van der Waals surface area contributed by atoms with Crippen LogP contribution in [0.25, 0.3) is 6.08 Å². The van der Waals surface area contributed by atoms with Gasteiger partial charge < -0.3 is 19.5 Å². The smallest absolute Gasteiger partial charge is 0.335 e. The number of carboxylic acid groups (broad SMARTS) is 1. The van der Waals surface area contributed by atoms with Gasteiger partial charge in [0.1, 0.15) is 5.60 Å². The van der Waals surface area contributed by atoms with E-state index in [4.69, 9.17) is 9.47 Å². The number of ether oxygens (including phenoxy) is 2. The number of hydrogen-bond acceptors (Lipinski definition) is 4. The average molecular weight is 407 g/mol. The van der Waals surface area contributed by atoms with Crippen molar-refractivity contribution in [2.24, 2.45) is 5.92 Å². The van der Waals surface area contributed by atoms with Crippen molar-refractivity contribution < 1.29 is 24.2 Å². The molecule has 1 amide bonds. The normalized spacial score (nSPS) is 16.4. The number of carboxylic acids is 1. The van der Waals surface area contributed by atoms with Crippen LogP contribution < -0.4 is 14.4 Å². The average Bonchev–Trinajstić information content (AvgIpc) is 3.56. The van der Waals surface area contributed by atoms with E-state index in [1.165, 1.54) is 12.1 Å². The minimum Gasteiger partial charge on any atom is -0.492 e. The zero-order valence-electron chi connectivity index (χ0n) is 17.3. The summed E-state index contributed by atoms with van der Waals surface area (Å²) in [6.07, 6.45) is 5.72. The lowest BCUT2D eigenvalue weighted by atomic mass is 9.99. The molecule has 0 spiro atoms. The minimum atomic E-state index is -1.02. The molecule has 1 fully saturated rings. The maximum absolute atomic E-state index is 13.1. The second-order valence-corrected chi connectivity index (χ2v) is 8.27. The number of aromatic carboxylic acids is 1. The molecule has 6 nitrogen and oxygen atoms in total. The van der Waals surface area contributed by atoms with Crippen LogP contribution in [0.15, 0.2) is 42.5 Å². The zero-order chi connectivity index (χ0) is 21.5. The number of hydrogen-bond donors (Lipinski definition) is 1. The first-order valence-corrected chi connectivity index (χ1v) is 10.0. The van der Waals surface area contributed by atoms with Gasteiger partial charge in [-0.05, 0) is 51.0 Å². The van der Waals surface area contributed by atoms with Crippen LogP contribution in [0.1, 0.15) is 48.2 Å². The number of fused-ring (bicyclic) bond motifs is 1. The maximum atomic E-state index is 13.1. The largest absolute Gasteiger partial charge is 0.492 e. The van der Waals surface area contributed by atoms with Gasteiger partial charge in [-0.25, -0.2) is 4.79 Å². The Morgan fingerprint density at radius 1 is 1.23 bits per heavy atom. The van der Waals surface area contributed by atoms with Crippen molar-refractivity contribution in [2.45, 2.75) is 38.8 Å². The fourth-order valence-corrected chi connectivity index (χ4v) is 3.62. The number of amides is 1. The summed E-state index contributed by atoms with van der Waals surface area (Å²) in [6.45, 7) is 4.21. The van der Waals surface area contributed by atoms with Gasteiger partial charge in [0.05, 0.1) is 19.2 Å². The summed E-state index contributed by atoms with van der Waals surface area (Å²) in [4.78, 5) is 26.2. The summed E-state index contributed by atoms with van der Waals surface area (Å²) in [5.74, 6) is 0.205. The molecule has 0 saturated heterocycles. The third-order valence-corrected chi connectivity index (χ3v) is 5.38. The summed E-state index contributed by atoms with van der Waals surface area (Å²) < 4.78 is 11.8. The highest BCUT2D eigenvalue weighted by Gasteiger charge is 2.35. The van der Waals surface area contributed by atoms with Gasteiger partial charge in [-0.3, -0.25) is 4.79 Å². The Balaban J connectivity index is 1.74. The molecule has 0 bridgehead atoms. The third-order valence-electron chi connectivity index (χ3n) is 5.38. The van der Waals surface area contributed by atoms with E-state index in [1.54, 1.807) is 24.1 Å². The van der Waals surface area contributed by atoms with Crippen LogP contribution in [-0.4, -0.2) is 29.7 Å². The summed E-state index contributed by atoms with van der Waals surface area (Å²) in [5, 5.41) is 9.36. The first kappa shape index (κ1) is 20.0. The molecule has 1 N–H and O–H groups in total. The molecule has 0 aromatic heterocycles. The third kappa shape index (κ3) is 3.90. The number of carbonyl (C=O) groups is 2. The Morgan fingerprint density at radius 3 is 2.67 bits per heavy atom. The summed E-state index contributed by atoms with van der Waals surface area (Å²) in [7, 11) is 1.59. The molecule has 156 valence electrons. The van der Waals surface area contributed by atoms with Crippen molar-refractivity contribution >= 4 is 23.6 Å². The van der Waals surface area contributed by atoms with E-state index in [-0.39, 0.29) is 23.9 Å². The van der Waals surface area contributed by atoms with E-state index in [0.29, 0.717) is 17.2 Å². The van der Waals surface area contributed by atoms with E-state index in [2.05, 4.69) is 0 Å². The Morgan fingerprint density at radius 2 is 2.00 bits per heavy atom. The number of nitrogens with zero attached hydrogens (tertiary/aromatic N) is 1. The minimum absolute atomic E-state index is 0.00143. The number of carbonyl (C=O) groups excluding carboxylic acids is 1. The molecule has 1 saturated carbocycles. The molecule has 1 heterocycles. The van der Waals surface area contributed by atoms with Crippen molar-refractivity contribution in [1.82, 2.24) is 0 Å². The molecule has 2 aromatic carbocycles. The fourth-order valence-electron chi connectivity index (χ4n) is 3.62. The van der Waals surface area contributed by atoms with Gasteiger partial charge in [-0.1, -0.05) is 24.3 Å². The van der Waals surface area contributed by atoms with E-state index in [9.17, 15) is 14.7 Å². The summed E-state index contributed by atoms with van der Waals surface area (Å²) in [6, 6.07) is 10.4. The summed E-state index contributed by atoms with van der Waals surface area (Å²) in [5.41, 5.74) is 1.97. The molecule has 0 atom stereocenters. The van der Waals surface area contributed by atoms with Crippen molar-refractivity contribution in [3.63, 3.8) is 0 Å². The predicted octanol–water partition coefficient (Wildman–Crippen LogP) is 4.52. The van der Waals surface area contributed by atoms with Crippen molar-refractivity contribution in [2.75, 3.05) is 12.0 Å². The van der Waals surface area contributed by atoms with Crippen LogP contribution in [-0.2, 0) is 11.3 Å². The van der Waals surface area contributed by atoms with Crippen LogP contribution in [0.3, 0.4) is 0 Å². The number of rotatable bonds is 6. The van der Waals surface area contributed by atoms with Crippen molar-refractivity contribution in [3.05, 3.63) is 59.2 Å². The van der Waals surface area contributed by atoms with Crippen LogP contribution in [0.4, 0.5) is 5.69 Å². The molecule has 0 radical (unpaired) electrons. The van der Waals surface area contributed by atoms with Crippen LogP contribution >= 0.6 is 0 Å². The van der Waals surface area contributed by atoms with E-state index < -0.39 is 11.6 Å². The molecule has 2 aromatic rings. The van der Waals surface area contributed by atoms with Crippen LogP contribution in [0.2, 0.25) is 0 Å². The molecular weight excluding hydrogens is 382 g/mol. The molecule has 0 unspecified atom stereocenters. The first-order chi connectivity index (χ1) is 14.3. The maximum Gasteiger partial charge on any atom is 0.335 e. The monoisotopic (exact) mass is 407 g/mol. The van der Waals surface area contributed by atoms with Gasteiger partial charge in [0.2, 0.25) is 5.91 Å². The molecule has 30 heavy (non-hydrogen) atoms. The van der Waals surface area contributed by atoms with E-state index in [1.807, 2.05) is 38.1 Å². The standard InChI is InChI=1S/C24H25NO5/c1-24(2)12-11-15-7-10-18(20(29-3)21(15)30-24)14-25(22(26)16-8-9-16)19-6-4-5-17(13-19)23(27)28/h4-7,10-13,16H,8-9,14H2,1-3H3,(H,27,28). The highest BCUT2D eigenvalue weighted by atomic mass is 16.5. The molecule has 1 aliphatic carbocycles. The Hall–Kier alpha value is -3.28. The molecule has 1 aliphatic heterocycles. The molecule has 2 aliphatic rings. The predicted molar refractivity (Wildman–Crippen MR) is 114 cm³/mol. The lowest BCUT2D eigenvalue weighted by molar-refractivity contribution is -0.119. The van der Waals surface area contributed by atoms with Crippen LogP contribution in [0, 0.1) is 5.92 Å². The van der Waals surface area contributed by atoms with E-state index in [0.717, 1.165) is 24.0 Å². The molecule has 4 rings (SSSR count). The van der Waals surface area contributed by atoms with Gasteiger partial charge in [-0.2, -0.15) is 0 Å². The number of benzene rings is 2. The number of anilines is 1. The van der Waals surface area contributed by atoms with Gasteiger partial charge in [0.25, 0.3) is 0 Å².